The number of hydrogen-bond donors (Lipinski definition) is 1. The van der Waals surface area contributed by atoms with Gasteiger partial charge in [-0.15, -0.1) is 11.3 Å². The maximum atomic E-state index is 12.7. The fourth-order valence-corrected chi connectivity index (χ4v) is 3.85. The predicted octanol–water partition coefficient (Wildman–Crippen LogP) is 4.15. The first kappa shape index (κ1) is 16.7. The molecule has 126 valence electrons. The highest BCUT2D eigenvalue weighted by atomic mass is 32.1. The summed E-state index contributed by atoms with van der Waals surface area (Å²) in [4.78, 5) is 27.5. The molecule has 1 aliphatic rings. The second kappa shape index (κ2) is 7.62. The van der Waals surface area contributed by atoms with Crippen LogP contribution in [-0.4, -0.2) is 18.4 Å². The van der Waals surface area contributed by atoms with E-state index >= 15 is 0 Å². The fraction of sp³-hybridized carbons (Fsp3) is 0.368. The number of nitrogens with zero attached hydrogens (tertiary/aromatic N) is 1. The topological polar surface area (TPSA) is 49.4 Å². The van der Waals surface area contributed by atoms with Gasteiger partial charge in [-0.05, 0) is 42.5 Å². The number of amides is 2. The van der Waals surface area contributed by atoms with E-state index in [0.29, 0.717) is 12.0 Å². The quantitative estimate of drug-likeness (QED) is 0.857. The van der Waals surface area contributed by atoms with Crippen molar-refractivity contribution in [3.63, 3.8) is 0 Å². The molecular formula is C19H22N2O2S. The van der Waals surface area contributed by atoms with Crippen molar-refractivity contribution in [2.75, 3.05) is 11.4 Å². The Morgan fingerprint density at radius 3 is 2.88 bits per heavy atom. The average Bonchev–Trinajstić information content (AvgIpc) is 3.26. The highest BCUT2D eigenvalue weighted by molar-refractivity contribution is 7.10. The first-order chi connectivity index (χ1) is 11.7. The van der Waals surface area contributed by atoms with Crippen LogP contribution in [0, 0.1) is 0 Å². The van der Waals surface area contributed by atoms with Crippen LogP contribution in [0.3, 0.4) is 0 Å². The second-order valence-electron chi connectivity index (χ2n) is 6.03. The van der Waals surface area contributed by atoms with Crippen molar-refractivity contribution in [3.8, 4) is 0 Å². The molecule has 0 bridgehead atoms. The monoisotopic (exact) mass is 342 g/mol. The number of hydrogen-bond acceptors (Lipinski definition) is 3. The van der Waals surface area contributed by atoms with Crippen molar-refractivity contribution in [1.29, 1.82) is 0 Å². The van der Waals surface area contributed by atoms with Gasteiger partial charge in [0, 0.05) is 29.1 Å². The minimum Gasteiger partial charge on any atom is -0.344 e. The second-order valence-corrected chi connectivity index (χ2v) is 7.01. The van der Waals surface area contributed by atoms with Gasteiger partial charge in [0.05, 0.1) is 6.04 Å². The van der Waals surface area contributed by atoms with Crippen LogP contribution >= 0.6 is 11.3 Å². The molecule has 1 fully saturated rings. The van der Waals surface area contributed by atoms with Crippen LogP contribution in [0.5, 0.6) is 0 Å². The van der Waals surface area contributed by atoms with Crippen LogP contribution in [0.2, 0.25) is 0 Å². The number of thiophene rings is 1. The molecule has 4 nitrogen and oxygen atoms in total. The molecule has 24 heavy (non-hydrogen) atoms. The predicted molar refractivity (Wildman–Crippen MR) is 97.5 cm³/mol. The van der Waals surface area contributed by atoms with E-state index in [4.69, 9.17) is 0 Å². The summed E-state index contributed by atoms with van der Waals surface area (Å²) in [6.45, 7) is 2.85. The van der Waals surface area contributed by atoms with E-state index in [1.54, 1.807) is 22.3 Å². The van der Waals surface area contributed by atoms with E-state index in [-0.39, 0.29) is 17.9 Å². The fourth-order valence-electron chi connectivity index (χ4n) is 3.04. The summed E-state index contributed by atoms with van der Waals surface area (Å²) >= 11 is 1.66. The first-order valence-electron chi connectivity index (χ1n) is 8.43. The zero-order chi connectivity index (χ0) is 16.9. The van der Waals surface area contributed by atoms with Gasteiger partial charge in [-0.25, -0.2) is 0 Å². The van der Waals surface area contributed by atoms with Gasteiger partial charge >= 0.3 is 0 Å². The Morgan fingerprint density at radius 1 is 1.33 bits per heavy atom. The Hall–Kier alpha value is -2.14. The molecule has 1 saturated heterocycles. The number of benzene rings is 1. The molecule has 0 aliphatic carbocycles. The molecule has 5 heteroatoms. The molecule has 1 aliphatic heterocycles. The molecule has 0 unspecified atom stereocenters. The van der Waals surface area contributed by atoms with Gasteiger partial charge in [-0.3, -0.25) is 9.59 Å². The molecule has 3 rings (SSSR count). The molecule has 2 heterocycles. The Kier molecular flexibility index (Phi) is 5.30. The first-order valence-corrected chi connectivity index (χ1v) is 9.31. The molecule has 0 spiro atoms. The molecule has 0 saturated carbocycles. The van der Waals surface area contributed by atoms with Crippen molar-refractivity contribution < 1.29 is 9.59 Å². The lowest BCUT2D eigenvalue weighted by atomic mass is 10.1. The lowest BCUT2D eigenvalue weighted by Gasteiger charge is -2.19. The molecule has 2 aromatic rings. The van der Waals surface area contributed by atoms with Crippen LogP contribution in [-0.2, 0) is 4.79 Å². The highest BCUT2D eigenvalue weighted by Gasteiger charge is 2.23. The average molecular weight is 342 g/mol. The van der Waals surface area contributed by atoms with Crippen molar-refractivity contribution in [3.05, 3.63) is 52.2 Å². The van der Waals surface area contributed by atoms with Gasteiger partial charge in [0.15, 0.2) is 0 Å². The van der Waals surface area contributed by atoms with Gasteiger partial charge in [0.1, 0.15) is 0 Å². The van der Waals surface area contributed by atoms with Crippen LogP contribution in [0.1, 0.15) is 53.9 Å². The molecule has 2 amide bonds. The largest absolute Gasteiger partial charge is 0.344 e. The number of carbonyl (C=O) groups is 2. The molecule has 0 radical (unpaired) electrons. The summed E-state index contributed by atoms with van der Waals surface area (Å²) in [5, 5.41) is 5.17. The van der Waals surface area contributed by atoms with E-state index in [0.717, 1.165) is 31.5 Å². The van der Waals surface area contributed by atoms with E-state index < -0.39 is 0 Å². The number of nitrogens with one attached hydrogen (secondary N) is 1. The molecule has 1 aromatic carbocycles. The summed E-state index contributed by atoms with van der Waals surface area (Å²) in [6.07, 6.45) is 3.39. The van der Waals surface area contributed by atoms with Crippen LogP contribution in [0.4, 0.5) is 5.69 Å². The lowest BCUT2D eigenvalue weighted by molar-refractivity contribution is -0.117. The smallest absolute Gasteiger partial charge is 0.251 e. The van der Waals surface area contributed by atoms with Crippen molar-refractivity contribution in [1.82, 2.24) is 5.32 Å². The van der Waals surface area contributed by atoms with Gasteiger partial charge in [-0.2, -0.15) is 0 Å². The van der Waals surface area contributed by atoms with Crippen molar-refractivity contribution >= 4 is 28.8 Å². The van der Waals surface area contributed by atoms with Crippen LogP contribution in [0.15, 0.2) is 41.8 Å². The summed E-state index contributed by atoms with van der Waals surface area (Å²) < 4.78 is 0. The van der Waals surface area contributed by atoms with Gasteiger partial charge in [0.25, 0.3) is 5.91 Å². The molecule has 1 N–H and O–H groups in total. The van der Waals surface area contributed by atoms with Crippen molar-refractivity contribution in [2.24, 2.45) is 0 Å². The number of rotatable bonds is 6. The number of carbonyl (C=O) groups excluding carboxylic acids is 2. The SMILES string of the molecule is CCC[C@@H](NC(=O)c1cccc(N2CCCC2=O)c1)c1cccs1. The molecule has 1 aromatic heterocycles. The number of anilines is 1. The van der Waals surface area contributed by atoms with Gasteiger partial charge in [-0.1, -0.05) is 25.5 Å². The van der Waals surface area contributed by atoms with Gasteiger partial charge < -0.3 is 10.2 Å². The maximum absolute atomic E-state index is 12.7. The summed E-state index contributed by atoms with van der Waals surface area (Å²) in [5.41, 5.74) is 1.41. The summed E-state index contributed by atoms with van der Waals surface area (Å²) in [6, 6.07) is 11.5. The minimum absolute atomic E-state index is 0.0413. The van der Waals surface area contributed by atoms with Crippen molar-refractivity contribution in [2.45, 2.75) is 38.6 Å². The van der Waals surface area contributed by atoms with E-state index in [2.05, 4.69) is 18.3 Å². The third-order valence-electron chi connectivity index (χ3n) is 4.26. The van der Waals surface area contributed by atoms with E-state index in [1.165, 1.54) is 4.88 Å². The molecule has 1 atom stereocenters. The lowest BCUT2D eigenvalue weighted by Crippen LogP contribution is -2.28. The third kappa shape index (κ3) is 3.67. The zero-order valence-electron chi connectivity index (χ0n) is 13.8. The minimum atomic E-state index is -0.0876. The standard InChI is InChI=1S/C19H22N2O2S/c1-2-6-16(17-9-5-12-24-17)20-19(23)14-7-3-8-15(13-14)21-11-4-10-18(21)22/h3,5,7-9,12-13,16H,2,4,6,10-11H2,1H3,(H,20,23)/t16-/m1/s1. The Bertz CT molecular complexity index is 712. The Morgan fingerprint density at radius 2 is 2.21 bits per heavy atom. The maximum Gasteiger partial charge on any atom is 0.251 e. The van der Waals surface area contributed by atoms with Crippen LogP contribution in [0.25, 0.3) is 0 Å². The van der Waals surface area contributed by atoms with E-state index in [1.807, 2.05) is 29.6 Å². The van der Waals surface area contributed by atoms with Gasteiger partial charge in [0.2, 0.25) is 5.91 Å². The highest BCUT2D eigenvalue weighted by Crippen LogP contribution is 2.25. The summed E-state index contributed by atoms with van der Waals surface area (Å²) in [5.74, 6) is 0.0466. The molecular weight excluding hydrogens is 320 g/mol. The zero-order valence-corrected chi connectivity index (χ0v) is 14.6. The van der Waals surface area contributed by atoms with Crippen LogP contribution < -0.4 is 10.2 Å². The Labute approximate surface area is 146 Å². The third-order valence-corrected chi connectivity index (χ3v) is 5.25. The van der Waals surface area contributed by atoms with E-state index in [9.17, 15) is 9.59 Å². The normalized spacial score (nSPS) is 15.5. The Balaban J connectivity index is 1.75. The summed E-state index contributed by atoms with van der Waals surface area (Å²) in [7, 11) is 0.